The van der Waals surface area contributed by atoms with Crippen LogP contribution in [-0.4, -0.2) is 21.7 Å². The Kier molecular flexibility index (Phi) is 4.92. The van der Waals surface area contributed by atoms with E-state index in [1.54, 1.807) is 13.8 Å². The summed E-state index contributed by atoms with van der Waals surface area (Å²) in [6.45, 7) is 5.92. The van der Waals surface area contributed by atoms with E-state index in [1.165, 1.54) is 10.5 Å². The second kappa shape index (κ2) is 6.01. The highest BCUT2D eigenvalue weighted by molar-refractivity contribution is 9.10. The number of hydrogen-bond donors (Lipinski definition) is 0. The molecule has 1 rings (SSSR count). The van der Waals surface area contributed by atoms with Gasteiger partial charge in [-0.15, -0.1) is 0 Å². The minimum atomic E-state index is -0.698. The lowest BCUT2D eigenvalue weighted by Gasteiger charge is -2.21. The van der Waals surface area contributed by atoms with Crippen molar-refractivity contribution in [2.45, 2.75) is 31.5 Å². The van der Waals surface area contributed by atoms with Gasteiger partial charge in [-0.2, -0.15) is 5.26 Å². The van der Waals surface area contributed by atoms with Crippen LogP contribution in [0.4, 0.5) is 0 Å². The van der Waals surface area contributed by atoms with E-state index in [2.05, 4.69) is 15.9 Å². The second-order valence-corrected chi connectivity index (χ2v) is 6.75. The predicted molar refractivity (Wildman–Crippen MR) is 75.2 cm³/mol. The highest BCUT2D eigenvalue weighted by Gasteiger charge is 2.29. The maximum Gasteiger partial charge on any atom is 0.251 e. The summed E-state index contributed by atoms with van der Waals surface area (Å²) in [7, 11) is 0. The SMILES string of the molecule is Cc1ccc(CCN(C#N)C(=O)C(C)(C)Br)cc1. The monoisotopic (exact) mass is 308 g/mol. The molecule has 0 bridgehead atoms. The number of rotatable bonds is 4. The molecular weight excluding hydrogens is 292 g/mol. The van der Waals surface area contributed by atoms with E-state index >= 15 is 0 Å². The fourth-order valence-electron chi connectivity index (χ4n) is 1.51. The van der Waals surface area contributed by atoms with Crippen LogP contribution in [0, 0.1) is 18.4 Å². The Morgan fingerprint density at radius 1 is 1.39 bits per heavy atom. The molecule has 0 aliphatic carbocycles. The summed E-state index contributed by atoms with van der Waals surface area (Å²) in [6, 6.07) is 8.11. The lowest BCUT2D eigenvalue weighted by Crippen LogP contribution is -2.39. The number of nitriles is 1. The van der Waals surface area contributed by atoms with Crippen LogP contribution in [0.5, 0.6) is 0 Å². The molecule has 0 unspecified atom stereocenters. The fraction of sp³-hybridized carbons (Fsp3) is 0.429. The molecule has 0 fully saturated rings. The van der Waals surface area contributed by atoms with Gasteiger partial charge >= 0.3 is 0 Å². The Balaban J connectivity index is 2.64. The van der Waals surface area contributed by atoms with Gasteiger partial charge < -0.3 is 0 Å². The zero-order valence-corrected chi connectivity index (χ0v) is 12.5. The van der Waals surface area contributed by atoms with Gasteiger partial charge in [0.1, 0.15) is 0 Å². The molecule has 0 radical (unpaired) electrons. The number of amides is 1. The Labute approximate surface area is 117 Å². The molecule has 1 aromatic rings. The first-order valence-electron chi connectivity index (χ1n) is 5.81. The van der Waals surface area contributed by atoms with Gasteiger partial charge in [-0.25, -0.2) is 4.90 Å². The molecule has 0 aromatic heterocycles. The zero-order valence-electron chi connectivity index (χ0n) is 10.9. The lowest BCUT2D eigenvalue weighted by molar-refractivity contribution is -0.129. The minimum Gasteiger partial charge on any atom is -0.272 e. The largest absolute Gasteiger partial charge is 0.272 e. The van der Waals surface area contributed by atoms with Crippen molar-refractivity contribution in [2.24, 2.45) is 0 Å². The van der Waals surface area contributed by atoms with E-state index in [0.717, 1.165) is 5.56 Å². The molecule has 0 N–H and O–H groups in total. The van der Waals surface area contributed by atoms with Gasteiger partial charge in [0.05, 0.1) is 4.32 Å². The fourth-order valence-corrected chi connectivity index (χ4v) is 1.73. The van der Waals surface area contributed by atoms with Gasteiger partial charge in [-0.3, -0.25) is 4.79 Å². The predicted octanol–water partition coefficient (Wildman–Crippen LogP) is 3.02. The highest BCUT2D eigenvalue weighted by Crippen LogP contribution is 2.19. The third kappa shape index (κ3) is 4.15. The van der Waals surface area contributed by atoms with E-state index in [1.807, 2.05) is 37.4 Å². The first-order chi connectivity index (χ1) is 8.34. The normalized spacial score (nSPS) is 10.8. The average Bonchev–Trinajstić information content (AvgIpc) is 2.31. The van der Waals surface area contributed by atoms with Crippen LogP contribution in [0.15, 0.2) is 24.3 Å². The number of aryl methyl sites for hydroxylation is 1. The molecule has 0 saturated heterocycles. The summed E-state index contributed by atoms with van der Waals surface area (Å²) in [4.78, 5) is 13.1. The summed E-state index contributed by atoms with van der Waals surface area (Å²) >= 11 is 3.28. The van der Waals surface area contributed by atoms with Gasteiger partial charge in [-0.05, 0) is 32.8 Å². The molecule has 0 atom stereocenters. The third-order valence-corrected chi connectivity index (χ3v) is 2.96. The number of carbonyl (C=O) groups is 1. The molecule has 1 aromatic carbocycles. The van der Waals surface area contributed by atoms with Gasteiger partial charge in [-0.1, -0.05) is 45.8 Å². The van der Waals surface area contributed by atoms with Gasteiger partial charge in [0.25, 0.3) is 5.91 Å². The van der Waals surface area contributed by atoms with Crippen molar-refractivity contribution in [3.63, 3.8) is 0 Å². The number of halogens is 1. The van der Waals surface area contributed by atoms with Crippen LogP contribution in [0.3, 0.4) is 0 Å². The molecule has 3 nitrogen and oxygen atoms in total. The van der Waals surface area contributed by atoms with Crippen LogP contribution in [-0.2, 0) is 11.2 Å². The summed E-state index contributed by atoms with van der Waals surface area (Å²) in [5.41, 5.74) is 2.33. The smallest absolute Gasteiger partial charge is 0.251 e. The number of hydrogen-bond acceptors (Lipinski definition) is 2. The van der Waals surface area contributed by atoms with Crippen molar-refractivity contribution >= 4 is 21.8 Å². The summed E-state index contributed by atoms with van der Waals surface area (Å²) < 4.78 is -0.698. The molecule has 1 amide bonds. The van der Waals surface area contributed by atoms with Crippen LogP contribution >= 0.6 is 15.9 Å². The van der Waals surface area contributed by atoms with Crippen LogP contribution < -0.4 is 0 Å². The minimum absolute atomic E-state index is 0.211. The quantitative estimate of drug-likeness (QED) is 0.487. The lowest BCUT2D eigenvalue weighted by atomic mass is 10.1. The standard InChI is InChI=1S/C14H17BrN2O/c1-11-4-6-12(7-5-11)8-9-17(10-16)13(18)14(2,3)15/h4-7H,8-9H2,1-3H3. The molecule has 0 spiro atoms. The van der Waals surface area contributed by atoms with E-state index < -0.39 is 4.32 Å². The highest BCUT2D eigenvalue weighted by atomic mass is 79.9. The maximum absolute atomic E-state index is 11.9. The number of alkyl halides is 1. The van der Waals surface area contributed by atoms with Gasteiger partial charge in [0.15, 0.2) is 6.19 Å². The summed E-state index contributed by atoms with van der Waals surface area (Å²) in [6.07, 6.45) is 2.63. The maximum atomic E-state index is 11.9. The second-order valence-electron chi connectivity index (χ2n) is 4.76. The molecule has 0 heterocycles. The Hall–Kier alpha value is -1.34. The van der Waals surface area contributed by atoms with E-state index in [0.29, 0.717) is 13.0 Å². The van der Waals surface area contributed by atoms with Crippen molar-refractivity contribution in [1.29, 1.82) is 5.26 Å². The van der Waals surface area contributed by atoms with Crippen molar-refractivity contribution in [1.82, 2.24) is 4.90 Å². The van der Waals surface area contributed by atoms with Crippen LogP contribution in [0.2, 0.25) is 0 Å². The van der Waals surface area contributed by atoms with Crippen molar-refractivity contribution < 1.29 is 4.79 Å². The third-order valence-electron chi connectivity index (χ3n) is 2.62. The van der Waals surface area contributed by atoms with Crippen LogP contribution in [0.1, 0.15) is 25.0 Å². The van der Waals surface area contributed by atoms with E-state index in [4.69, 9.17) is 5.26 Å². The topological polar surface area (TPSA) is 44.1 Å². The van der Waals surface area contributed by atoms with E-state index in [-0.39, 0.29) is 5.91 Å². The number of nitrogens with zero attached hydrogens (tertiary/aromatic N) is 2. The Morgan fingerprint density at radius 2 is 1.94 bits per heavy atom. The van der Waals surface area contributed by atoms with Gasteiger partial charge in [0.2, 0.25) is 0 Å². The molecule has 18 heavy (non-hydrogen) atoms. The number of benzene rings is 1. The molecular formula is C14H17BrN2O. The average molecular weight is 309 g/mol. The van der Waals surface area contributed by atoms with Crippen molar-refractivity contribution in [3.05, 3.63) is 35.4 Å². The summed E-state index contributed by atoms with van der Waals surface area (Å²) in [5.74, 6) is -0.211. The van der Waals surface area contributed by atoms with Crippen LogP contribution in [0.25, 0.3) is 0 Å². The van der Waals surface area contributed by atoms with Crippen molar-refractivity contribution in [3.8, 4) is 6.19 Å². The molecule has 0 aliphatic heterocycles. The van der Waals surface area contributed by atoms with Gasteiger partial charge in [0, 0.05) is 6.54 Å². The molecule has 4 heteroatoms. The number of carbonyl (C=O) groups excluding carboxylic acids is 1. The van der Waals surface area contributed by atoms with E-state index in [9.17, 15) is 4.79 Å². The van der Waals surface area contributed by atoms with Crippen molar-refractivity contribution in [2.75, 3.05) is 6.54 Å². The Bertz CT molecular complexity index is 454. The molecule has 96 valence electrons. The zero-order chi connectivity index (χ0) is 13.8. The molecule has 0 saturated carbocycles. The molecule has 0 aliphatic rings. The first kappa shape index (κ1) is 14.7. The summed E-state index contributed by atoms with van der Waals surface area (Å²) in [5, 5.41) is 9.02. The first-order valence-corrected chi connectivity index (χ1v) is 6.60. The Morgan fingerprint density at radius 3 is 2.39 bits per heavy atom.